The summed E-state index contributed by atoms with van der Waals surface area (Å²) in [7, 11) is 0. The highest BCUT2D eigenvalue weighted by Crippen LogP contribution is 2.32. The Hall–Kier alpha value is -1.32. The molecule has 0 radical (unpaired) electrons. The Morgan fingerprint density at radius 3 is 2.47 bits per heavy atom. The van der Waals surface area contributed by atoms with E-state index in [9.17, 15) is 9.50 Å². The first-order valence-corrected chi connectivity index (χ1v) is 6.15. The average molecular weight is 248 g/mol. The Labute approximate surface area is 104 Å². The topological polar surface area (TPSA) is 20.2 Å². The largest absolute Gasteiger partial charge is 0.392 e. The van der Waals surface area contributed by atoms with Crippen LogP contribution in [0.1, 0.15) is 11.1 Å². The molecule has 0 spiro atoms. The lowest BCUT2D eigenvalue weighted by Crippen LogP contribution is -1.91. The van der Waals surface area contributed by atoms with Crippen LogP contribution in [0.3, 0.4) is 0 Å². The summed E-state index contributed by atoms with van der Waals surface area (Å²) in [4.78, 5) is 1.47. The number of hydrogen-bond acceptors (Lipinski definition) is 2. The molecule has 1 N–H and O–H groups in total. The van der Waals surface area contributed by atoms with Gasteiger partial charge < -0.3 is 5.11 Å². The van der Waals surface area contributed by atoms with Crippen molar-refractivity contribution in [1.82, 2.24) is 0 Å². The van der Waals surface area contributed by atoms with E-state index in [-0.39, 0.29) is 12.4 Å². The van der Waals surface area contributed by atoms with Gasteiger partial charge in [-0.15, -0.1) is 0 Å². The average Bonchev–Trinajstić information content (AvgIpc) is 2.34. The molecule has 2 aromatic carbocycles. The van der Waals surface area contributed by atoms with E-state index in [0.29, 0.717) is 10.5 Å². The second kappa shape index (κ2) is 5.34. The van der Waals surface area contributed by atoms with E-state index in [1.54, 1.807) is 12.1 Å². The number of rotatable bonds is 3. The molecule has 0 amide bonds. The van der Waals surface area contributed by atoms with E-state index in [1.807, 2.05) is 31.2 Å². The molecule has 0 aliphatic heterocycles. The third-order valence-electron chi connectivity index (χ3n) is 2.46. The molecule has 0 bridgehead atoms. The molecule has 3 heteroatoms. The first kappa shape index (κ1) is 12.1. The third-order valence-corrected chi connectivity index (χ3v) is 3.63. The highest BCUT2D eigenvalue weighted by Gasteiger charge is 2.09. The summed E-state index contributed by atoms with van der Waals surface area (Å²) in [6.07, 6.45) is 0. The Morgan fingerprint density at radius 2 is 1.82 bits per heavy atom. The van der Waals surface area contributed by atoms with Crippen LogP contribution in [0.4, 0.5) is 4.39 Å². The molecule has 0 saturated heterocycles. The quantitative estimate of drug-likeness (QED) is 0.892. The van der Waals surface area contributed by atoms with Crippen molar-refractivity contribution in [2.45, 2.75) is 23.3 Å². The minimum absolute atomic E-state index is 0.147. The predicted molar refractivity (Wildman–Crippen MR) is 67.6 cm³/mol. The molecule has 0 unspecified atom stereocenters. The molecule has 0 heterocycles. The maximum atomic E-state index is 13.7. The molecule has 0 atom stereocenters. The number of hydrogen-bond donors (Lipinski definition) is 1. The summed E-state index contributed by atoms with van der Waals surface area (Å²) in [6, 6.07) is 12.6. The highest BCUT2D eigenvalue weighted by atomic mass is 32.2. The van der Waals surface area contributed by atoms with Crippen LogP contribution < -0.4 is 0 Å². The smallest absolute Gasteiger partial charge is 0.137 e. The van der Waals surface area contributed by atoms with Gasteiger partial charge in [-0.1, -0.05) is 41.6 Å². The highest BCUT2D eigenvalue weighted by molar-refractivity contribution is 7.99. The Morgan fingerprint density at radius 1 is 1.12 bits per heavy atom. The molecule has 88 valence electrons. The van der Waals surface area contributed by atoms with Crippen LogP contribution in [0.5, 0.6) is 0 Å². The van der Waals surface area contributed by atoms with E-state index < -0.39 is 0 Å². The molecule has 17 heavy (non-hydrogen) atoms. The van der Waals surface area contributed by atoms with E-state index >= 15 is 0 Å². The van der Waals surface area contributed by atoms with Gasteiger partial charge in [0.25, 0.3) is 0 Å². The van der Waals surface area contributed by atoms with Crippen LogP contribution in [0, 0.1) is 12.7 Å². The summed E-state index contributed by atoms with van der Waals surface area (Å²) in [5.41, 5.74) is 1.79. The molecule has 0 aliphatic rings. The molecule has 0 aromatic heterocycles. The number of benzene rings is 2. The van der Waals surface area contributed by atoms with Gasteiger partial charge in [0.2, 0.25) is 0 Å². The lowest BCUT2D eigenvalue weighted by molar-refractivity contribution is 0.277. The van der Waals surface area contributed by atoms with Crippen molar-refractivity contribution >= 4 is 11.8 Å². The molecule has 2 aromatic rings. The van der Waals surface area contributed by atoms with Crippen LogP contribution in [0.2, 0.25) is 0 Å². The monoisotopic (exact) mass is 248 g/mol. The van der Waals surface area contributed by atoms with Crippen molar-refractivity contribution in [3.05, 3.63) is 59.4 Å². The Bertz CT molecular complexity index is 508. The van der Waals surface area contributed by atoms with Crippen molar-refractivity contribution in [2.75, 3.05) is 0 Å². The minimum Gasteiger partial charge on any atom is -0.392 e. The van der Waals surface area contributed by atoms with Gasteiger partial charge in [-0.25, -0.2) is 4.39 Å². The summed E-state index contributed by atoms with van der Waals surface area (Å²) >= 11 is 1.34. The Balaban J connectivity index is 2.32. The molecule has 1 nitrogen and oxygen atoms in total. The number of aryl methyl sites for hydroxylation is 1. The summed E-state index contributed by atoms with van der Waals surface area (Å²) in [5.74, 6) is -0.290. The van der Waals surface area contributed by atoms with Crippen LogP contribution >= 0.6 is 11.8 Å². The fourth-order valence-electron chi connectivity index (χ4n) is 1.52. The van der Waals surface area contributed by atoms with Gasteiger partial charge in [0.15, 0.2) is 0 Å². The zero-order valence-electron chi connectivity index (χ0n) is 9.48. The lowest BCUT2D eigenvalue weighted by Gasteiger charge is -2.08. The summed E-state index contributed by atoms with van der Waals surface area (Å²) < 4.78 is 13.7. The number of halogens is 1. The first-order chi connectivity index (χ1) is 8.20. The van der Waals surface area contributed by atoms with Gasteiger partial charge in [-0.3, -0.25) is 0 Å². The van der Waals surface area contributed by atoms with Crippen LogP contribution in [0.25, 0.3) is 0 Å². The van der Waals surface area contributed by atoms with Gasteiger partial charge in [0.1, 0.15) is 5.82 Å². The minimum atomic E-state index is -0.290. The van der Waals surface area contributed by atoms with Crippen molar-refractivity contribution in [3.63, 3.8) is 0 Å². The predicted octanol–water partition coefficient (Wildman–Crippen LogP) is 3.78. The van der Waals surface area contributed by atoms with Crippen molar-refractivity contribution in [2.24, 2.45) is 0 Å². The van der Waals surface area contributed by atoms with Gasteiger partial charge in [0.05, 0.1) is 11.5 Å². The molecule has 0 saturated carbocycles. The van der Waals surface area contributed by atoms with Crippen molar-refractivity contribution in [3.8, 4) is 0 Å². The van der Waals surface area contributed by atoms with Crippen LogP contribution in [-0.2, 0) is 6.61 Å². The van der Waals surface area contributed by atoms with Gasteiger partial charge in [-0.05, 0) is 30.7 Å². The molecule has 0 aliphatic carbocycles. The fraction of sp³-hybridized carbons (Fsp3) is 0.143. The van der Waals surface area contributed by atoms with Crippen molar-refractivity contribution in [1.29, 1.82) is 0 Å². The molecular weight excluding hydrogens is 235 g/mol. The van der Waals surface area contributed by atoms with Crippen LogP contribution in [-0.4, -0.2) is 5.11 Å². The standard InChI is InChI=1S/C14H13FOS/c1-10-5-7-12(8-6-10)17-14-11(9-16)3-2-4-13(14)15/h2-8,16H,9H2,1H3. The van der Waals surface area contributed by atoms with Gasteiger partial charge >= 0.3 is 0 Å². The SMILES string of the molecule is Cc1ccc(Sc2c(F)cccc2CO)cc1. The fourth-order valence-corrected chi connectivity index (χ4v) is 2.45. The van der Waals surface area contributed by atoms with E-state index in [2.05, 4.69) is 0 Å². The normalized spacial score (nSPS) is 10.5. The molecule has 0 fully saturated rings. The Kier molecular flexibility index (Phi) is 3.82. The zero-order chi connectivity index (χ0) is 12.3. The molecular formula is C14H13FOS. The lowest BCUT2D eigenvalue weighted by atomic mass is 10.2. The molecule has 2 rings (SSSR count). The van der Waals surface area contributed by atoms with Crippen LogP contribution in [0.15, 0.2) is 52.3 Å². The second-order valence-electron chi connectivity index (χ2n) is 3.80. The number of aliphatic hydroxyl groups excluding tert-OH is 1. The maximum Gasteiger partial charge on any atom is 0.137 e. The zero-order valence-corrected chi connectivity index (χ0v) is 10.3. The van der Waals surface area contributed by atoms with Gasteiger partial charge in [0, 0.05) is 4.90 Å². The van der Waals surface area contributed by atoms with E-state index in [0.717, 1.165) is 4.90 Å². The van der Waals surface area contributed by atoms with Gasteiger partial charge in [-0.2, -0.15) is 0 Å². The summed E-state index contributed by atoms with van der Waals surface area (Å²) in [6.45, 7) is 1.86. The third kappa shape index (κ3) is 2.87. The first-order valence-electron chi connectivity index (χ1n) is 5.33. The number of aliphatic hydroxyl groups is 1. The van der Waals surface area contributed by atoms with E-state index in [1.165, 1.54) is 23.4 Å². The second-order valence-corrected chi connectivity index (χ2v) is 4.89. The van der Waals surface area contributed by atoms with Crippen molar-refractivity contribution < 1.29 is 9.50 Å². The summed E-state index contributed by atoms with van der Waals surface area (Å²) in [5, 5.41) is 9.19. The maximum absolute atomic E-state index is 13.7. The van der Waals surface area contributed by atoms with E-state index in [4.69, 9.17) is 0 Å².